The number of benzene rings is 7. The highest BCUT2D eigenvalue weighted by atomic mass is 14.7. The van der Waals surface area contributed by atoms with Crippen molar-refractivity contribution in [3.63, 3.8) is 0 Å². The molecule has 84 heavy (non-hydrogen) atoms. The first-order valence-electron chi connectivity index (χ1n) is 30.7. The maximum Gasteiger partial charge on any atom is 0.0704 e. The van der Waals surface area contributed by atoms with Crippen LogP contribution in [0.4, 0.5) is 0 Å². The summed E-state index contributed by atoms with van der Waals surface area (Å²) in [4.78, 5) is 21.3. The standard InChI is InChI=1S/C12H12.5C11H11N.6C2H6/c1-9-7-8-11-5-3-4-6-12(11)10(9)2;1-8-5-10-3-4-12-7-11(10)6-9(8)2;1-8-5-6-11-10(9(8)2)4-3-7-12-11;1-8-6-10-4-3-5-12-11(10)7-9(8)2;1-8-9(2)12-7-10-5-3-4-6-11(8)10;1-8-7-12-11-6-4-3-5-10(11)9(8)2;6*1-2/h3-8H,1-2H3;5*3-7H,1-2H3;6*1-2H3. The summed E-state index contributed by atoms with van der Waals surface area (Å²) in [5, 5.41) is 11.5. The maximum atomic E-state index is 4.34. The summed E-state index contributed by atoms with van der Waals surface area (Å²) in [6.07, 6.45) is 11.3. The van der Waals surface area contributed by atoms with Crippen LogP contribution in [0.2, 0.25) is 0 Å². The van der Waals surface area contributed by atoms with Crippen molar-refractivity contribution in [2.75, 3.05) is 0 Å². The Morgan fingerprint density at radius 2 is 0.643 bits per heavy atom. The smallest absolute Gasteiger partial charge is 0.0704 e. The van der Waals surface area contributed by atoms with Gasteiger partial charge in [0.25, 0.3) is 0 Å². The average molecular weight is 1120 g/mol. The first kappa shape index (κ1) is 73.9. The Morgan fingerprint density at radius 3 is 1.25 bits per heavy atom. The first-order chi connectivity index (χ1) is 40.7. The van der Waals surface area contributed by atoms with Gasteiger partial charge in [0.15, 0.2) is 0 Å². The van der Waals surface area contributed by atoms with Gasteiger partial charge in [0.05, 0.1) is 16.6 Å². The number of pyridine rings is 5. The van der Waals surface area contributed by atoms with E-state index < -0.39 is 0 Å². The van der Waals surface area contributed by atoms with E-state index in [4.69, 9.17) is 0 Å². The lowest BCUT2D eigenvalue weighted by molar-refractivity contribution is 1.18. The molecule has 0 N–H and O–H groups in total. The number of aromatic nitrogens is 5. The Balaban J connectivity index is 0.000000486. The van der Waals surface area contributed by atoms with Crippen molar-refractivity contribution in [2.24, 2.45) is 0 Å². The molecular formula is C79H103N5. The average Bonchev–Trinajstić information content (AvgIpc) is 3.64. The van der Waals surface area contributed by atoms with Crippen LogP contribution in [0.5, 0.6) is 0 Å². The van der Waals surface area contributed by atoms with Crippen molar-refractivity contribution in [3.05, 3.63) is 256 Å². The summed E-state index contributed by atoms with van der Waals surface area (Å²) in [6.45, 7) is 49.5. The molecule has 0 aliphatic rings. The molecule has 444 valence electrons. The van der Waals surface area contributed by atoms with Gasteiger partial charge in [0, 0.05) is 69.8 Å². The van der Waals surface area contributed by atoms with E-state index in [1.54, 1.807) is 0 Å². The third-order valence-corrected chi connectivity index (χ3v) is 13.9. The largest absolute Gasteiger partial charge is 0.264 e. The number of nitrogens with zero attached hydrogens (tertiary/aromatic N) is 5. The summed E-state index contributed by atoms with van der Waals surface area (Å²) >= 11 is 0. The highest BCUT2D eigenvalue weighted by Gasteiger charge is 2.03. The molecule has 12 rings (SSSR count). The van der Waals surface area contributed by atoms with Crippen molar-refractivity contribution in [1.82, 2.24) is 24.9 Å². The molecule has 5 aromatic heterocycles. The molecule has 0 bridgehead atoms. The normalized spacial score (nSPS) is 9.43. The maximum absolute atomic E-state index is 4.34. The number of hydrogen-bond donors (Lipinski definition) is 0. The summed E-state index contributed by atoms with van der Waals surface area (Å²) < 4.78 is 0. The molecule has 0 aliphatic carbocycles. The fourth-order valence-electron chi connectivity index (χ4n) is 8.44. The predicted octanol–water partition coefficient (Wildman–Crippen LogP) is 23.9. The molecule has 0 saturated carbocycles. The third-order valence-electron chi connectivity index (χ3n) is 13.9. The van der Waals surface area contributed by atoms with Crippen LogP contribution in [0.15, 0.2) is 189 Å². The summed E-state index contributed by atoms with van der Waals surface area (Å²) in [6, 6.07) is 52.5. The molecule has 0 aliphatic heterocycles. The second-order valence-electron chi connectivity index (χ2n) is 18.7. The summed E-state index contributed by atoms with van der Waals surface area (Å²) in [7, 11) is 0. The molecule has 0 radical (unpaired) electrons. The van der Waals surface area contributed by atoms with E-state index in [2.05, 4.69) is 216 Å². The van der Waals surface area contributed by atoms with Crippen LogP contribution in [0.25, 0.3) is 65.0 Å². The molecule has 0 fully saturated rings. The van der Waals surface area contributed by atoms with Gasteiger partial charge in [-0.25, -0.2) is 0 Å². The minimum atomic E-state index is 1.08. The van der Waals surface area contributed by atoms with Crippen molar-refractivity contribution in [2.45, 2.75) is 166 Å². The molecule has 5 heterocycles. The van der Waals surface area contributed by atoms with E-state index >= 15 is 0 Å². The Labute approximate surface area is 509 Å². The van der Waals surface area contributed by atoms with Crippen LogP contribution in [-0.4, -0.2) is 24.9 Å². The van der Waals surface area contributed by atoms with Gasteiger partial charge in [0.1, 0.15) is 0 Å². The quantitative estimate of drug-likeness (QED) is 0.151. The van der Waals surface area contributed by atoms with Crippen molar-refractivity contribution < 1.29 is 0 Å². The lowest BCUT2D eigenvalue weighted by Gasteiger charge is -2.04. The minimum Gasteiger partial charge on any atom is -0.264 e. The first-order valence-corrected chi connectivity index (χ1v) is 30.7. The van der Waals surface area contributed by atoms with Gasteiger partial charge in [-0.1, -0.05) is 186 Å². The van der Waals surface area contributed by atoms with Gasteiger partial charge in [-0.3, -0.25) is 24.9 Å². The highest BCUT2D eigenvalue weighted by Crippen LogP contribution is 2.23. The lowest BCUT2D eigenvalue weighted by atomic mass is 10.0. The Morgan fingerprint density at radius 1 is 0.226 bits per heavy atom. The van der Waals surface area contributed by atoms with Gasteiger partial charge >= 0.3 is 0 Å². The van der Waals surface area contributed by atoms with Gasteiger partial charge in [-0.05, 0) is 214 Å². The molecule has 0 saturated heterocycles. The lowest BCUT2D eigenvalue weighted by Crippen LogP contribution is -1.87. The summed E-state index contributed by atoms with van der Waals surface area (Å²) in [5.74, 6) is 0. The van der Waals surface area contributed by atoms with Crippen LogP contribution >= 0.6 is 0 Å². The number of hydrogen-bond acceptors (Lipinski definition) is 5. The zero-order valence-corrected chi connectivity index (χ0v) is 56.1. The molecular weight excluding hydrogens is 1020 g/mol. The number of para-hydroxylation sites is 1. The van der Waals surface area contributed by atoms with E-state index in [1.165, 1.54) is 110 Å². The summed E-state index contributed by atoms with van der Waals surface area (Å²) in [5.41, 5.74) is 19.0. The fourth-order valence-corrected chi connectivity index (χ4v) is 8.44. The topological polar surface area (TPSA) is 64.5 Å². The molecule has 0 atom stereocenters. The molecule has 0 spiro atoms. The Kier molecular flexibility index (Phi) is 36.0. The van der Waals surface area contributed by atoms with Gasteiger partial charge in [0.2, 0.25) is 0 Å². The minimum absolute atomic E-state index is 1.08. The van der Waals surface area contributed by atoms with E-state index in [0.29, 0.717) is 0 Å². The van der Waals surface area contributed by atoms with Crippen LogP contribution in [0.1, 0.15) is 150 Å². The van der Waals surface area contributed by atoms with Gasteiger partial charge < -0.3 is 0 Å². The number of fused-ring (bicyclic) bond motifs is 6. The molecule has 7 aromatic carbocycles. The zero-order chi connectivity index (χ0) is 63.3. The Bertz CT molecular complexity index is 3280. The highest BCUT2D eigenvalue weighted by molar-refractivity contribution is 5.88. The number of rotatable bonds is 0. The second-order valence-corrected chi connectivity index (χ2v) is 18.7. The van der Waals surface area contributed by atoms with E-state index in [0.717, 1.165) is 22.2 Å². The van der Waals surface area contributed by atoms with Crippen LogP contribution in [-0.2, 0) is 0 Å². The molecule has 0 amide bonds. The van der Waals surface area contributed by atoms with Gasteiger partial charge in [-0.2, -0.15) is 0 Å². The molecule has 0 unspecified atom stereocenters. The van der Waals surface area contributed by atoms with Crippen molar-refractivity contribution in [1.29, 1.82) is 0 Å². The molecule has 5 heteroatoms. The van der Waals surface area contributed by atoms with Crippen molar-refractivity contribution >= 4 is 65.0 Å². The SMILES string of the molecule is CC.CC.CC.CC.CC.CC.Cc1cc2cccnc2cc1C.Cc1cc2ccncc2cc1C.Cc1ccc2ccccc2c1C.Cc1ccc2ncccc2c1C.Cc1cnc2ccccc2c1C.Cc1ncc2ccccc2c1C. The molecule has 5 nitrogen and oxygen atoms in total. The molecule has 12 aromatic rings. The van der Waals surface area contributed by atoms with E-state index in [1.807, 2.05) is 164 Å². The van der Waals surface area contributed by atoms with Gasteiger partial charge in [-0.15, -0.1) is 0 Å². The monoisotopic (exact) mass is 1120 g/mol. The van der Waals surface area contributed by atoms with Crippen LogP contribution in [0, 0.1) is 83.1 Å². The second kappa shape index (κ2) is 40.9. The third kappa shape index (κ3) is 21.9. The van der Waals surface area contributed by atoms with Crippen LogP contribution in [0.3, 0.4) is 0 Å². The zero-order valence-electron chi connectivity index (χ0n) is 56.1. The van der Waals surface area contributed by atoms with E-state index in [-0.39, 0.29) is 0 Å². The fraction of sp³-hybridized carbons (Fsp3) is 0.304. The Hall–Kier alpha value is -8.15. The predicted molar refractivity (Wildman–Crippen MR) is 378 cm³/mol. The van der Waals surface area contributed by atoms with E-state index in [9.17, 15) is 0 Å². The van der Waals surface area contributed by atoms with Crippen LogP contribution < -0.4 is 0 Å². The van der Waals surface area contributed by atoms with Crippen molar-refractivity contribution in [3.8, 4) is 0 Å². The number of aryl methyl sites for hydroxylation is 12.